The molecule has 0 bridgehead atoms. The van der Waals surface area contributed by atoms with Crippen LogP contribution >= 0.6 is 0 Å². The molecule has 0 saturated heterocycles. The Labute approximate surface area is 48.6 Å². The van der Waals surface area contributed by atoms with Gasteiger partial charge in [0.25, 0.3) is 0 Å². The number of rotatable bonds is 0. The Morgan fingerprint density at radius 2 is 2.50 bits per heavy atom. The van der Waals surface area contributed by atoms with E-state index >= 15 is 0 Å². The molecule has 0 spiro atoms. The van der Waals surface area contributed by atoms with E-state index in [2.05, 4.69) is 17.1 Å². The zero-order chi connectivity index (χ0) is 5.98. The molecule has 0 atom stereocenters. The normalized spacial score (nSPS) is 17.6. The maximum atomic E-state index is 3.80. The van der Waals surface area contributed by atoms with Crippen LogP contribution in [0.4, 0.5) is 0 Å². The second-order valence-corrected chi connectivity index (χ2v) is 1.78. The number of nitrogens with zero attached hydrogens (tertiary/aromatic N) is 1. The summed E-state index contributed by atoms with van der Waals surface area (Å²) in [5, 5.41) is 3.80. The molecular formula is C6H8N2. The topological polar surface area (TPSA) is 24.4 Å². The third kappa shape index (κ3) is 0.964. The summed E-state index contributed by atoms with van der Waals surface area (Å²) in [6.07, 6.45) is 3.70. The molecular weight excluding hydrogens is 100 g/mol. The minimum Gasteiger partial charge on any atom is -0.279 e. The molecule has 1 rings (SSSR count). The van der Waals surface area contributed by atoms with E-state index in [1.807, 2.05) is 13.0 Å². The Morgan fingerprint density at radius 3 is 2.88 bits per heavy atom. The van der Waals surface area contributed by atoms with Gasteiger partial charge < -0.3 is 0 Å². The van der Waals surface area contributed by atoms with E-state index < -0.39 is 0 Å². The van der Waals surface area contributed by atoms with Crippen molar-refractivity contribution in [2.45, 2.75) is 6.92 Å². The largest absolute Gasteiger partial charge is 0.279 e. The Balaban J connectivity index is 2.77. The molecule has 0 aromatic heterocycles. The van der Waals surface area contributed by atoms with Crippen LogP contribution in [-0.4, -0.2) is 6.21 Å². The van der Waals surface area contributed by atoms with E-state index in [0.717, 1.165) is 11.3 Å². The van der Waals surface area contributed by atoms with Gasteiger partial charge in [-0.05, 0) is 18.6 Å². The van der Waals surface area contributed by atoms with Crippen molar-refractivity contribution in [1.29, 1.82) is 0 Å². The van der Waals surface area contributed by atoms with Gasteiger partial charge in [0, 0.05) is 5.70 Å². The van der Waals surface area contributed by atoms with E-state index in [0.29, 0.717) is 0 Å². The van der Waals surface area contributed by atoms with Gasteiger partial charge >= 0.3 is 0 Å². The molecule has 1 aliphatic heterocycles. The first-order valence-corrected chi connectivity index (χ1v) is 2.45. The van der Waals surface area contributed by atoms with E-state index in [1.54, 1.807) is 6.21 Å². The molecule has 2 heteroatoms. The van der Waals surface area contributed by atoms with Gasteiger partial charge in [0.15, 0.2) is 0 Å². The van der Waals surface area contributed by atoms with Gasteiger partial charge in [-0.15, -0.1) is 0 Å². The van der Waals surface area contributed by atoms with Gasteiger partial charge in [-0.1, -0.05) is 6.58 Å². The van der Waals surface area contributed by atoms with Gasteiger partial charge in [-0.3, -0.25) is 5.43 Å². The summed E-state index contributed by atoms with van der Waals surface area (Å²) in [5.74, 6) is 0. The van der Waals surface area contributed by atoms with E-state index in [4.69, 9.17) is 0 Å². The second kappa shape index (κ2) is 1.82. The molecule has 8 heavy (non-hydrogen) atoms. The first-order valence-electron chi connectivity index (χ1n) is 2.45. The van der Waals surface area contributed by atoms with Crippen molar-refractivity contribution < 1.29 is 0 Å². The minimum absolute atomic E-state index is 0.852. The SMILES string of the molecule is C=C1C=C(C)C=NN1. The molecule has 0 saturated carbocycles. The number of hydrogen-bond acceptors (Lipinski definition) is 2. The molecule has 0 aromatic rings. The monoisotopic (exact) mass is 108 g/mol. The van der Waals surface area contributed by atoms with Crippen LogP contribution in [0.5, 0.6) is 0 Å². The Hall–Kier alpha value is -1.05. The Bertz CT molecular complexity index is 165. The standard InChI is InChI=1S/C6H8N2/c1-5-3-6(2)8-7-4-5/h3-4,8H,2H2,1H3. The predicted molar refractivity (Wildman–Crippen MR) is 34.5 cm³/mol. The molecule has 0 radical (unpaired) electrons. The summed E-state index contributed by atoms with van der Waals surface area (Å²) < 4.78 is 0. The first-order chi connectivity index (χ1) is 3.79. The van der Waals surface area contributed by atoms with E-state index in [1.165, 1.54) is 0 Å². The summed E-state index contributed by atoms with van der Waals surface area (Å²) in [6, 6.07) is 0. The van der Waals surface area contributed by atoms with Gasteiger partial charge in [0.2, 0.25) is 0 Å². The van der Waals surface area contributed by atoms with Crippen LogP contribution in [0.1, 0.15) is 6.92 Å². The van der Waals surface area contributed by atoms with Crippen molar-refractivity contribution in [3.63, 3.8) is 0 Å². The lowest BCUT2D eigenvalue weighted by atomic mass is 10.2. The van der Waals surface area contributed by atoms with Gasteiger partial charge in [0.1, 0.15) is 0 Å². The number of nitrogens with one attached hydrogen (secondary N) is 1. The van der Waals surface area contributed by atoms with Crippen LogP contribution < -0.4 is 5.43 Å². The Kier molecular flexibility index (Phi) is 1.16. The maximum Gasteiger partial charge on any atom is 0.0502 e. The molecule has 0 fully saturated rings. The average molecular weight is 108 g/mol. The second-order valence-electron chi connectivity index (χ2n) is 1.78. The van der Waals surface area contributed by atoms with Crippen molar-refractivity contribution in [3.05, 3.63) is 23.9 Å². The lowest BCUT2D eigenvalue weighted by Crippen LogP contribution is -2.06. The zero-order valence-corrected chi connectivity index (χ0v) is 4.81. The highest BCUT2D eigenvalue weighted by Crippen LogP contribution is 1.98. The third-order valence-corrected chi connectivity index (χ3v) is 0.878. The molecule has 2 nitrogen and oxygen atoms in total. The van der Waals surface area contributed by atoms with Crippen molar-refractivity contribution in [2.24, 2.45) is 5.10 Å². The van der Waals surface area contributed by atoms with Crippen LogP contribution in [0.2, 0.25) is 0 Å². The van der Waals surface area contributed by atoms with E-state index in [-0.39, 0.29) is 0 Å². The van der Waals surface area contributed by atoms with Gasteiger partial charge in [0.05, 0.1) is 6.21 Å². The summed E-state index contributed by atoms with van der Waals surface area (Å²) in [6.45, 7) is 5.64. The third-order valence-electron chi connectivity index (χ3n) is 0.878. The maximum absolute atomic E-state index is 3.80. The first kappa shape index (κ1) is 5.09. The molecule has 0 aromatic carbocycles. The van der Waals surface area contributed by atoms with Gasteiger partial charge in [-0.25, -0.2) is 0 Å². The molecule has 0 amide bonds. The van der Waals surface area contributed by atoms with Crippen molar-refractivity contribution in [1.82, 2.24) is 5.43 Å². The average Bonchev–Trinajstić information content (AvgIpc) is 1.64. The summed E-state index contributed by atoms with van der Waals surface area (Å²) in [5.41, 5.74) is 4.70. The van der Waals surface area contributed by atoms with Crippen molar-refractivity contribution in [2.75, 3.05) is 0 Å². The highest BCUT2D eigenvalue weighted by atomic mass is 15.3. The van der Waals surface area contributed by atoms with Crippen LogP contribution in [0, 0.1) is 0 Å². The smallest absolute Gasteiger partial charge is 0.0502 e. The highest BCUT2D eigenvalue weighted by molar-refractivity contribution is 5.79. The fraction of sp³-hybridized carbons (Fsp3) is 0.167. The molecule has 42 valence electrons. The minimum atomic E-state index is 0.852. The number of hydrogen-bond donors (Lipinski definition) is 1. The van der Waals surface area contributed by atoms with Crippen molar-refractivity contribution in [3.8, 4) is 0 Å². The van der Waals surface area contributed by atoms with Crippen LogP contribution in [-0.2, 0) is 0 Å². The Morgan fingerprint density at radius 1 is 1.75 bits per heavy atom. The molecule has 1 N–H and O–H groups in total. The molecule has 0 unspecified atom stereocenters. The summed E-state index contributed by atoms with van der Waals surface area (Å²) >= 11 is 0. The van der Waals surface area contributed by atoms with E-state index in [9.17, 15) is 0 Å². The van der Waals surface area contributed by atoms with Crippen LogP contribution in [0.25, 0.3) is 0 Å². The van der Waals surface area contributed by atoms with Crippen LogP contribution in [0.15, 0.2) is 29.0 Å². The summed E-state index contributed by atoms with van der Waals surface area (Å²) in [7, 11) is 0. The van der Waals surface area contributed by atoms with Gasteiger partial charge in [-0.2, -0.15) is 5.10 Å². The lowest BCUT2D eigenvalue weighted by Gasteiger charge is -2.03. The van der Waals surface area contributed by atoms with Crippen LogP contribution in [0.3, 0.4) is 0 Å². The number of hydrazone groups is 1. The fourth-order valence-corrected chi connectivity index (χ4v) is 0.561. The molecule has 1 aliphatic rings. The molecule has 1 heterocycles. The summed E-state index contributed by atoms with van der Waals surface area (Å²) in [4.78, 5) is 0. The zero-order valence-electron chi connectivity index (χ0n) is 4.81. The predicted octanol–water partition coefficient (Wildman–Crippen LogP) is 1.04. The molecule has 0 aliphatic carbocycles. The van der Waals surface area contributed by atoms with Crippen molar-refractivity contribution >= 4 is 6.21 Å². The lowest BCUT2D eigenvalue weighted by molar-refractivity contribution is 0.915. The quantitative estimate of drug-likeness (QED) is 0.492. The highest BCUT2D eigenvalue weighted by Gasteiger charge is 1.91. The number of allylic oxidation sites excluding steroid dienone is 2. The fourth-order valence-electron chi connectivity index (χ4n) is 0.561.